The summed E-state index contributed by atoms with van der Waals surface area (Å²) in [5, 5.41) is 3.12. The zero-order valence-corrected chi connectivity index (χ0v) is 10.9. The van der Waals surface area contributed by atoms with E-state index in [1.807, 2.05) is 13.3 Å². The van der Waals surface area contributed by atoms with Gasteiger partial charge in [-0.2, -0.15) is 0 Å². The van der Waals surface area contributed by atoms with Gasteiger partial charge < -0.3 is 9.73 Å². The van der Waals surface area contributed by atoms with Crippen LogP contribution in [0.25, 0.3) is 0 Å². The lowest BCUT2D eigenvalue weighted by Gasteiger charge is -2.16. The molecule has 16 heavy (non-hydrogen) atoms. The Kier molecular flexibility index (Phi) is 5.56. The summed E-state index contributed by atoms with van der Waals surface area (Å²) in [6.45, 7) is 7.41. The first-order valence-corrected chi connectivity index (χ1v) is 6.01. The van der Waals surface area contributed by atoms with Crippen LogP contribution in [-0.2, 0) is 13.1 Å². The van der Waals surface area contributed by atoms with Gasteiger partial charge in [0.15, 0.2) is 0 Å². The molecule has 0 aromatic carbocycles. The fourth-order valence-corrected chi connectivity index (χ4v) is 1.63. The predicted octanol–water partition coefficient (Wildman–Crippen LogP) is 2.48. The highest BCUT2D eigenvalue weighted by Gasteiger charge is 2.05. The maximum atomic E-state index is 5.51. The third-order valence-electron chi connectivity index (χ3n) is 2.60. The van der Waals surface area contributed by atoms with Crippen molar-refractivity contribution in [2.75, 3.05) is 20.6 Å². The van der Waals surface area contributed by atoms with E-state index in [2.05, 4.69) is 37.2 Å². The van der Waals surface area contributed by atoms with Crippen molar-refractivity contribution in [3.63, 3.8) is 0 Å². The van der Waals surface area contributed by atoms with E-state index < -0.39 is 0 Å². The van der Waals surface area contributed by atoms with Crippen LogP contribution in [0.2, 0.25) is 0 Å². The largest absolute Gasteiger partial charge is 0.468 e. The van der Waals surface area contributed by atoms with Crippen molar-refractivity contribution in [3.8, 4) is 0 Å². The highest BCUT2D eigenvalue weighted by Crippen LogP contribution is 2.10. The summed E-state index contributed by atoms with van der Waals surface area (Å²) in [6.07, 6.45) is 3.07. The zero-order valence-electron chi connectivity index (χ0n) is 10.9. The Hall–Kier alpha value is -0.800. The third kappa shape index (κ3) is 4.81. The van der Waals surface area contributed by atoms with Gasteiger partial charge in [0.25, 0.3) is 0 Å². The van der Waals surface area contributed by atoms with Crippen LogP contribution in [0.3, 0.4) is 0 Å². The molecule has 0 fully saturated rings. The zero-order chi connectivity index (χ0) is 12.0. The van der Waals surface area contributed by atoms with Crippen LogP contribution >= 0.6 is 0 Å². The molecule has 1 N–H and O–H groups in total. The Bertz CT molecular complexity index is 294. The summed E-state index contributed by atoms with van der Waals surface area (Å²) >= 11 is 0. The monoisotopic (exact) mass is 224 g/mol. The third-order valence-corrected chi connectivity index (χ3v) is 2.60. The molecule has 0 saturated heterocycles. The Morgan fingerprint density at radius 3 is 2.81 bits per heavy atom. The fraction of sp³-hybridized carbons (Fsp3) is 0.692. The molecule has 0 spiro atoms. The molecule has 0 unspecified atom stereocenters. The highest BCUT2D eigenvalue weighted by atomic mass is 16.3. The summed E-state index contributed by atoms with van der Waals surface area (Å²) in [4.78, 5) is 2.31. The maximum absolute atomic E-state index is 5.51. The summed E-state index contributed by atoms with van der Waals surface area (Å²) in [5.74, 6) is 1.82. The van der Waals surface area contributed by atoms with E-state index in [9.17, 15) is 0 Å². The van der Waals surface area contributed by atoms with Crippen LogP contribution in [0.1, 0.15) is 31.6 Å². The van der Waals surface area contributed by atoms with Crippen LogP contribution in [-0.4, -0.2) is 25.5 Å². The van der Waals surface area contributed by atoms with Gasteiger partial charge in [-0.05, 0) is 39.0 Å². The van der Waals surface area contributed by atoms with Gasteiger partial charge in [0, 0.05) is 12.1 Å². The molecule has 0 aliphatic carbocycles. The minimum absolute atomic E-state index is 0.763. The van der Waals surface area contributed by atoms with Gasteiger partial charge in [-0.25, -0.2) is 0 Å². The summed E-state index contributed by atoms with van der Waals surface area (Å²) in [6, 6.07) is 2.13. The molecule has 0 saturated carbocycles. The van der Waals surface area contributed by atoms with Gasteiger partial charge in [-0.1, -0.05) is 13.8 Å². The van der Waals surface area contributed by atoms with E-state index in [1.165, 1.54) is 12.0 Å². The van der Waals surface area contributed by atoms with Crippen LogP contribution in [0.15, 0.2) is 16.7 Å². The summed E-state index contributed by atoms with van der Waals surface area (Å²) in [5.41, 5.74) is 1.22. The summed E-state index contributed by atoms with van der Waals surface area (Å²) in [7, 11) is 4.09. The van der Waals surface area contributed by atoms with Crippen molar-refractivity contribution in [1.29, 1.82) is 0 Å². The van der Waals surface area contributed by atoms with E-state index >= 15 is 0 Å². The molecule has 1 rings (SSSR count). The molecule has 1 heterocycles. The van der Waals surface area contributed by atoms with Gasteiger partial charge in [-0.15, -0.1) is 0 Å². The molecule has 0 radical (unpaired) electrons. The summed E-state index contributed by atoms with van der Waals surface area (Å²) < 4.78 is 5.51. The van der Waals surface area contributed by atoms with Gasteiger partial charge in [0.05, 0.1) is 12.8 Å². The Morgan fingerprint density at radius 2 is 2.19 bits per heavy atom. The number of furan rings is 1. The van der Waals surface area contributed by atoms with Gasteiger partial charge in [-0.3, -0.25) is 4.90 Å². The molecule has 0 atom stereocenters. The van der Waals surface area contributed by atoms with Crippen molar-refractivity contribution < 1.29 is 4.42 Å². The SMILES string of the molecule is CNCc1coc(CN(C)CCC(C)C)c1. The lowest BCUT2D eigenvalue weighted by molar-refractivity contribution is 0.278. The van der Waals surface area contributed by atoms with Gasteiger partial charge >= 0.3 is 0 Å². The first-order valence-electron chi connectivity index (χ1n) is 6.01. The van der Waals surface area contributed by atoms with Crippen LogP contribution < -0.4 is 5.32 Å². The molecule has 0 aliphatic heterocycles. The highest BCUT2D eigenvalue weighted by molar-refractivity contribution is 5.12. The van der Waals surface area contributed by atoms with Gasteiger partial charge in [0.2, 0.25) is 0 Å². The molecule has 0 amide bonds. The van der Waals surface area contributed by atoms with Crippen molar-refractivity contribution in [1.82, 2.24) is 10.2 Å². The van der Waals surface area contributed by atoms with Crippen molar-refractivity contribution in [3.05, 3.63) is 23.7 Å². The quantitative estimate of drug-likeness (QED) is 0.771. The average Bonchev–Trinajstić information content (AvgIpc) is 2.63. The van der Waals surface area contributed by atoms with Crippen molar-refractivity contribution in [2.45, 2.75) is 33.4 Å². The molecular formula is C13H24N2O. The van der Waals surface area contributed by atoms with Crippen molar-refractivity contribution >= 4 is 0 Å². The van der Waals surface area contributed by atoms with Gasteiger partial charge in [0.1, 0.15) is 5.76 Å². The standard InChI is InChI=1S/C13H24N2O/c1-11(2)5-6-15(4)9-13-7-12(8-14-3)10-16-13/h7,10-11,14H,5-6,8-9H2,1-4H3. The minimum Gasteiger partial charge on any atom is -0.468 e. The molecule has 92 valence electrons. The van der Waals surface area contributed by atoms with Crippen LogP contribution in [0.5, 0.6) is 0 Å². The lowest BCUT2D eigenvalue weighted by atomic mass is 10.1. The van der Waals surface area contributed by atoms with E-state index in [1.54, 1.807) is 0 Å². The molecular weight excluding hydrogens is 200 g/mol. The second-order valence-electron chi connectivity index (χ2n) is 4.87. The number of rotatable bonds is 7. The first kappa shape index (κ1) is 13.3. The van der Waals surface area contributed by atoms with Crippen molar-refractivity contribution in [2.24, 2.45) is 5.92 Å². The normalized spacial score (nSPS) is 11.6. The Balaban J connectivity index is 2.34. The maximum Gasteiger partial charge on any atom is 0.118 e. The lowest BCUT2D eigenvalue weighted by Crippen LogP contribution is -2.20. The molecule has 0 bridgehead atoms. The first-order chi connectivity index (χ1) is 7.61. The predicted molar refractivity (Wildman–Crippen MR) is 67.3 cm³/mol. The number of hydrogen-bond donors (Lipinski definition) is 1. The van der Waals surface area contributed by atoms with E-state index in [0.29, 0.717) is 0 Å². The van der Waals surface area contributed by atoms with E-state index in [-0.39, 0.29) is 0 Å². The number of nitrogens with one attached hydrogen (secondary N) is 1. The molecule has 3 nitrogen and oxygen atoms in total. The second kappa shape index (κ2) is 6.71. The molecule has 0 aliphatic rings. The van der Waals surface area contributed by atoms with E-state index in [4.69, 9.17) is 4.42 Å². The Labute approximate surface area is 98.8 Å². The van der Waals surface area contributed by atoms with Crippen LogP contribution in [0, 0.1) is 5.92 Å². The smallest absolute Gasteiger partial charge is 0.118 e. The molecule has 1 aromatic heterocycles. The minimum atomic E-state index is 0.763. The van der Waals surface area contributed by atoms with E-state index in [0.717, 1.165) is 31.3 Å². The Morgan fingerprint density at radius 1 is 1.44 bits per heavy atom. The number of nitrogens with zero attached hydrogens (tertiary/aromatic N) is 1. The molecule has 3 heteroatoms. The number of hydrogen-bond acceptors (Lipinski definition) is 3. The fourth-order valence-electron chi connectivity index (χ4n) is 1.63. The average molecular weight is 224 g/mol. The second-order valence-corrected chi connectivity index (χ2v) is 4.87. The topological polar surface area (TPSA) is 28.4 Å². The van der Waals surface area contributed by atoms with Crippen LogP contribution in [0.4, 0.5) is 0 Å². The molecule has 1 aromatic rings.